The predicted molar refractivity (Wildman–Crippen MR) is 81.3 cm³/mol. The number of nitrogens with two attached hydrogens (primary N) is 1. The highest BCUT2D eigenvalue weighted by Crippen LogP contribution is 2.32. The molecule has 0 spiro atoms. The number of aromatic nitrogens is 3. The molecule has 106 valence electrons. The molecule has 2 aromatic rings. The maximum atomic E-state index is 6.19. The van der Waals surface area contributed by atoms with E-state index in [0.29, 0.717) is 21.8 Å². The molecular formula is C13H15Cl2N5. The van der Waals surface area contributed by atoms with Gasteiger partial charge in [0.15, 0.2) is 5.82 Å². The lowest BCUT2D eigenvalue weighted by Crippen LogP contribution is -2.40. The SMILES string of the molecule is NC1CCN(c2n[nH]c(-c3cccc(Cl)c3Cl)n2)CC1. The lowest BCUT2D eigenvalue weighted by molar-refractivity contribution is 0.496. The minimum atomic E-state index is 0.284. The number of nitrogens with one attached hydrogen (secondary N) is 1. The van der Waals surface area contributed by atoms with Crippen molar-refractivity contribution in [3.05, 3.63) is 28.2 Å². The summed E-state index contributed by atoms with van der Waals surface area (Å²) < 4.78 is 0. The van der Waals surface area contributed by atoms with Crippen LogP contribution in [0.3, 0.4) is 0 Å². The van der Waals surface area contributed by atoms with Crippen LogP contribution in [0.1, 0.15) is 12.8 Å². The Morgan fingerprint density at radius 2 is 2.00 bits per heavy atom. The fraction of sp³-hybridized carbons (Fsp3) is 0.385. The Kier molecular flexibility index (Phi) is 3.83. The number of nitrogens with zero attached hydrogens (tertiary/aromatic N) is 3. The molecule has 20 heavy (non-hydrogen) atoms. The van der Waals surface area contributed by atoms with Crippen molar-refractivity contribution in [1.29, 1.82) is 0 Å². The Morgan fingerprint density at radius 1 is 1.25 bits per heavy atom. The lowest BCUT2D eigenvalue weighted by Gasteiger charge is -2.28. The zero-order valence-corrected chi connectivity index (χ0v) is 12.3. The van der Waals surface area contributed by atoms with Gasteiger partial charge in [0, 0.05) is 24.7 Å². The quantitative estimate of drug-likeness (QED) is 0.894. The van der Waals surface area contributed by atoms with E-state index in [0.717, 1.165) is 31.5 Å². The van der Waals surface area contributed by atoms with Crippen LogP contribution in [0.25, 0.3) is 11.4 Å². The third-order valence-corrected chi connectivity index (χ3v) is 4.32. The molecule has 7 heteroatoms. The first kappa shape index (κ1) is 13.7. The van der Waals surface area contributed by atoms with E-state index in [9.17, 15) is 0 Å². The average molecular weight is 312 g/mol. The van der Waals surface area contributed by atoms with Crippen LogP contribution in [0.4, 0.5) is 5.95 Å². The maximum absolute atomic E-state index is 6.19. The lowest BCUT2D eigenvalue weighted by atomic mass is 10.1. The third kappa shape index (κ3) is 2.61. The number of aromatic amines is 1. The Morgan fingerprint density at radius 3 is 2.75 bits per heavy atom. The molecule has 5 nitrogen and oxygen atoms in total. The summed E-state index contributed by atoms with van der Waals surface area (Å²) in [6, 6.07) is 5.74. The van der Waals surface area contributed by atoms with Crippen molar-refractivity contribution >= 4 is 29.2 Å². The molecule has 1 fully saturated rings. The highest BCUT2D eigenvalue weighted by atomic mass is 35.5. The Hall–Kier alpha value is -1.30. The largest absolute Gasteiger partial charge is 0.339 e. The van der Waals surface area contributed by atoms with Crippen molar-refractivity contribution in [3.63, 3.8) is 0 Å². The number of hydrogen-bond donors (Lipinski definition) is 2. The summed E-state index contributed by atoms with van der Waals surface area (Å²) in [4.78, 5) is 6.63. The van der Waals surface area contributed by atoms with E-state index in [1.165, 1.54) is 0 Å². The van der Waals surface area contributed by atoms with E-state index in [-0.39, 0.29) is 6.04 Å². The smallest absolute Gasteiger partial charge is 0.245 e. The van der Waals surface area contributed by atoms with Crippen LogP contribution in [0.2, 0.25) is 10.0 Å². The van der Waals surface area contributed by atoms with Gasteiger partial charge in [-0.05, 0) is 25.0 Å². The van der Waals surface area contributed by atoms with Crippen LogP contribution in [0, 0.1) is 0 Å². The van der Waals surface area contributed by atoms with Crippen LogP contribution < -0.4 is 10.6 Å². The van der Waals surface area contributed by atoms with Crippen LogP contribution in [-0.2, 0) is 0 Å². The van der Waals surface area contributed by atoms with E-state index >= 15 is 0 Å². The second-order valence-electron chi connectivity index (χ2n) is 4.91. The van der Waals surface area contributed by atoms with Crippen molar-refractivity contribution < 1.29 is 0 Å². The van der Waals surface area contributed by atoms with Gasteiger partial charge in [-0.1, -0.05) is 29.3 Å². The second kappa shape index (κ2) is 5.60. The van der Waals surface area contributed by atoms with Gasteiger partial charge < -0.3 is 10.6 Å². The predicted octanol–water partition coefficient (Wildman–Crippen LogP) is 2.71. The number of anilines is 1. The molecule has 2 heterocycles. The number of halogens is 2. The van der Waals surface area contributed by atoms with Gasteiger partial charge in [-0.25, -0.2) is 0 Å². The fourth-order valence-corrected chi connectivity index (χ4v) is 2.69. The first-order valence-electron chi connectivity index (χ1n) is 6.52. The molecule has 0 unspecified atom stereocenters. The molecule has 3 rings (SSSR count). The van der Waals surface area contributed by atoms with Gasteiger partial charge in [0.1, 0.15) is 0 Å². The molecule has 0 aliphatic carbocycles. The molecule has 0 amide bonds. The second-order valence-corrected chi connectivity index (χ2v) is 5.70. The summed E-state index contributed by atoms with van der Waals surface area (Å²) in [5.41, 5.74) is 6.66. The van der Waals surface area contributed by atoms with Crippen molar-refractivity contribution in [3.8, 4) is 11.4 Å². The average Bonchev–Trinajstić information content (AvgIpc) is 2.92. The Labute approximate surface area is 127 Å². The monoisotopic (exact) mass is 311 g/mol. The van der Waals surface area contributed by atoms with Crippen molar-refractivity contribution in [2.24, 2.45) is 5.73 Å². The summed E-state index contributed by atoms with van der Waals surface area (Å²) in [5, 5.41) is 8.17. The molecule has 0 bridgehead atoms. The van der Waals surface area contributed by atoms with Crippen LogP contribution in [0.5, 0.6) is 0 Å². The van der Waals surface area contributed by atoms with Gasteiger partial charge >= 0.3 is 0 Å². The normalized spacial score (nSPS) is 16.6. The molecule has 0 radical (unpaired) electrons. The molecule has 0 atom stereocenters. The molecule has 3 N–H and O–H groups in total. The number of piperidine rings is 1. The first-order valence-corrected chi connectivity index (χ1v) is 7.28. The van der Waals surface area contributed by atoms with Crippen molar-refractivity contribution in [1.82, 2.24) is 15.2 Å². The number of rotatable bonds is 2. The van der Waals surface area contributed by atoms with Crippen molar-refractivity contribution in [2.75, 3.05) is 18.0 Å². The van der Waals surface area contributed by atoms with Gasteiger partial charge in [0.05, 0.1) is 10.0 Å². The standard InChI is InChI=1S/C13H15Cl2N5/c14-10-3-1-2-9(11(10)15)12-17-13(19-18-12)20-6-4-8(16)5-7-20/h1-3,8H,4-7,16H2,(H,17,18,19). The Bertz CT molecular complexity index is 605. The number of hydrogen-bond acceptors (Lipinski definition) is 4. The number of H-pyrrole nitrogens is 1. The van der Waals surface area contributed by atoms with E-state index in [2.05, 4.69) is 20.1 Å². The van der Waals surface area contributed by atoms with Crippen LogP contribution in [-0.4, -0.2) is 34.3 Å². The highest BCUT2D eigenvalue weighted by Gasteiger charge is 2.20. The highest BCUT2D eigenvalue weighted by molar-refractivity contribution is 6.43. The molecule has 1 aromatic carbocycles. The van der Waals surface area contributed by atoms with E-state index in [4.69, 9.17) is 28.9 Å². The van der Waals surface area contributed by atoms with Gasteiger partial charge in [0.2, 0.25) is 5.95 Å². The van der Waals surface area contributed by atoms with Gasteiger partial charge in [-0.3, -0.25) is 5.10 Å². The topological polar surface area (TPSA) is 70.8 Å². The molecule has 1 aliphatic rings. The minimum absolute atomic E-state index is 0.284. The molecule has 1 saturated heterocycles. The molecule has 0 saturated carbocycles. The zero-order chi connectivity index (χ0) is 14.1. The summed E-state index contributed by atoms with van der Waals surface area (Å²) >= 11 is 12.2. The molecular weight excluding hydrogens is 297 g/mol. The summed E-state index contributed by atoms with van der Waals surface area (Å²) in [5.74, 6) is 1.31. The van der Waals surface area contributed by atoms with Crippen LogP contribution in [0.15, 0.2) is 18.2 Å². The van der Waals surface area contributed by atoms with Gasteiger partial charge in [-0.15, -0.1) is 5.10 Å². The van der Waals surface area contributed by atoms with E-state index < -0.39 is 0 Å². The van der Waals surface area contributed by atoms with Crippen LogP contribution >= 0.6 is 23.2 Å². The fourth-order valence-electron chi connectivity index (χ4n) is 2.30. The zero-order valence-electron chi connectivity index (χ0n) is 10.8. The Balaban J connectivity index is 1.85. The first-order chi connectivity index (χ1) is 9.65. The summed E-state index contributed by atoms with van der Waals surface area (Å²) in [6.45, 7) is 1.75. The molecule has 1 aromatic heterocycles. The molecule has 1 aliphatic heterocycles. The van der Waals surface area contributed by atoms with Crippen molar-refractivity contribution in [2.45, 2.75) is 18.9 Å². The minimum Gasteiger partial charge on any atom is -0.339 e. The van der Waals surface area contributed by atoms with E-state index in [1.54, 1.807) is 6.07 Å². The van der Waals surface area contributed by atoms with Gasteiger partial charge in [-0.2, -0.15) is 4.98 Å². The van der Waals surface area contributed by atoms with Gasteiger partial charge in [0.25, 0.3) is 0 Å². The number of benzene rings is 1. The van der Waals surface area contributed by atoms with E-state index in [1.807, 2.05) is 12.1 Å². The third-order valence-electron chi connectivity index (χ3n) is 3.50. The maximum Gasteiger partial charge on any atom is 0.245 e. The summed E-state index contributed by atoms with van der Waals surface area (Å²) in [7, 11) is 0. The summed E-state index contributed by atoms with van der Waals surface area (Å²) in [6.07, 6.45) is 1.92.